The van der Waals surface area contributed by atoms with Gasteiger partial charge >= 0.3 is 12.1 Å². The number of para-hydroxylation sites is 1. The van der Waals surface area contributed by atoms with E-state index in [0.29, 0.717) is 11.1 Å². The van der Waals surface area contributed by atoms with Gasteiger partial charge in [0.2, 0.25) is 0 Å². The van der Waals surface area contributed by atoms with Crippen LogP contribution in [0.5, 0.6) is 0 Å². The quantitative estimate of drug-likeness (QED) is 0.898. The van der Waals surface area contributed by atoms with Crippen molar-refractivity contribution in [1.82, 2.24) is 4.57 Å². The van der Waals surface area contributed by atoms with Crippen LogP contribution in [0.15, 0.2) is 24.3 Å². The lowest BCUT2D eigenvalue weighted by Gasteiger charge is -2.10. The Kier molecular flexibility index (Phi) is 2.80. The highest BCUT2D eigenvalue weighted by molar-refractivity contribution is 5.86. The summed E-state index contributed by atoms with van der Waals surface area (Å²) in [5.74, 6) is -1.07. The van der Waals surface area contributed by atoms with Gasteiger partial charge in [0.15, 0.2) is 0 Å². The zero-order valence-corrected chi connectivity index (χ0v) is 9.45. The Morgan fingerprint density at radius 3 is 2.61 bits per heavy atom. The van der Waals surface area contributed by atoms with Gasteiger partial charge in [-0.05, 0) is 12.1 Å². The van der Waals surface area contributed by atoms with Crippen LogP contribution in [0.4, 0.5) is 13.2 Å². The third-order valence-corrected chi connectivity index (χ3v) is 2.79. The number of rotatable bonds is 2. The van der Waals surface area contributed by atoms with Crippen LogP contribution in [0.2, 0.25) is 0 Å². The minimum absolute atomic E-state index is 0.0150. The number of carboxylic acid groups (broad SMARTS) is 1. The number of fused-ring (bicyclic) bond motifs is 1. The van der Waals surface area contributed by atoms with Crippen LogP contribution in [0.3, 0.4) is 0 Å². The minimum atomic E-state index is -4.45. The van der Waals surface area contributed by atoms with Crippen LogP contribution in [0.1, 0.15) is 11.3 Å². The Hall–Kier alpha value is -1.98. The fourth-order valence-electron chi connectivity index (χ4n) is 2.03. The van der Waals surface area contributed by atoms with Crippen molar-refractivity contribution in [3.8, 4) is 0 Å². The van der Waals surface area contributed by atoms with Gasteiger partial charge in [0, 0.05) is 18.1 Å². The Labute approximate surface area is 100 Å². The van der Waals surface area contributed by atoms with Crippen molar-refractivity contribution in [2.24, 2.45) is 7.05 Å². The molecule has 0 aliphatic carbocycles. The van der Waals surface area contributed by atoms with Crippen molar-refractivity contribution in [3.05, 3.63) is 35.5 Å². The lowest BCUT2D eigenvalue weighted by atomic mass is 10.1. The lowest BCUT2D eigenvalue weighted by Crippen LogP contribution is -2.09. The molecule has 0 spiro atoms. The van der Waals surface area contributed by atoms with Crippen molar-refractivity contribution in [2.75, 3.05) is 0 Å². The molecule has 96 valence electrons. The molecule has 0 bridgehead atoms. The molecule has 2 aromatic rings. The lowest BCUT2D eigenvalue weighted by molar-refractivity contribution is -0.137. The average Bonchev–Trinajstić information content (AvgIpc) is 2.54. The monoisotopic (exact) mass is 257 g/mol. The third-order valence-electron chi connectivity index (χ3n) is 2.79. The maximum atomic E-state index is 12.8. The largest absolute Gasteiger partial charge is 0.481 e. The molecule has 0 atom stereocenters. The molecule has 0 saturated carbocycles. The number of hydrogen-bond acceptors (Lipinski definition) is 1. The van der Waals surface area contributed by atoms with E-state index in [1.54, 1.807) is 0 Å². The maximum absolute atomic E-state index is 12.8. The molecule has 1 heterocycles. The second-order valence-corrected chi connectivity index (χ2v) is 4.01. The summed E-state index contributed by atoms with van der Waals surface area (Å²) >= 11 is 0. The molecule has 6 heteroatoms. The molecule has 1 aromatic heterocycles. The fourth-order valence-corrected chi connectivity index (χ4v) is 2.03. The standard InChI is InChI=1S/C12H10F3NO2/c1-16-8(6-10(17)18)5-7-3-2-4-9(11(7)16)12(13,14)15/h2-5H,6H2,1H3,(H,17,18). The zero-order chi connectivity index (χ0) is 13.5. The van der Waals surface area contributed by atoms with Crippen LogP contribution in [0.25, 0.3) is 10.9 Å². The number of aryl methyl sites for hydroxylation is 1. The van der Waals surface area contributed by atoms with Gasteiger partial charge in [0.1, 0.15) is 0 Å². The number of carbonyl (C=O) groups is 1. The Morgan fingerprint density at radius 1 is 1.39 bits per heavy atom. The van der Waals surface area contributed by atoms with Crippen molar-refractivity contribution < 1.29 is 23.1 Å². The number of carboxylic acids is 1. The Balaban J connectivity index is 2.70. The first-order chi connectivity index (χ1) is 8.30. The molecule has 0 aliphatic rings. The molecule has 0 fully saturated rings. The van der Waals surface area contributed by atoms with E-state index in [4.69, 9.17) is 5.11 Å². The zero-order valence-electron chi connectivity index (χ0n) is 9.45. The van der Waals surface area contributed by atoms with Gasteiger partial charge < -0.3 is 9.67 Å². The second-order valence-electron chi connectivity index (χ2n) is 4.01. The summed E-state index contributed by atoms with van der Waals surface area (Å²) < 4.78 is 39.8. The number of hydrogen-bond donors (Lipinski definition) is 1. The van der Waals surface area contributed by atoms with E-state index in [2.05, 4.69) is 0 Å². The predicted octanol–water partition coefficient (Wildman–Crippen LogP) is 2.82. The summed E-state index contributed by atoms with van der Waals surface area (Å²) in [7, 11) is 1.44. The van der Waals surface area contributed by atoms with E-state index >= 15 is 0 Å². The molecule has 3 nitrogen and oxygen atoms in total. The molecule has 0 amide bonds. The van der Waals surface area contributed by atoms with Gasteiger partial charge in [-0.3, -0.25) is 4.79 Å². The predicted molar refractivity (Wildman–Crippen MR) is 59.3 cm³/mol. The van der Waals surface area contributed by atoms with E-state index in [-0.39, 0.29) is 11.9 Å². The summed E-state index contributed by atoms with van der Waals surface area (Å²) in [5.41, 5.74) is -0.394. The molecule has 2 rings (SSSR count). The van der Waals surface area contributed by atoms with Gasteiger partial charge in [-0.15, -0.1) is 0 Å². The SMILES string of the molecule is Cn1c(CC(=O)O)cc2cccc(C(F)(F)F)c21. The second kappa shape index (κ2) is 4.04. The molecule has 0 aliphatic heterocycles. The molecular formula is C12H10F3NO2. The Bertz CT molecular complexity index is 614. The smallest absolute Gasteiger partial charge is 0.418 e. The van der Waals surface area contributed by atoms with Gasteiger partial charge in [-0.25, -0.2) is 0 Å². The van der Waals surface area contributed by atoms with Crippen molar-refractivity contribution in [1.29, 1.82) is 0 Å². The third kappa shape index (κ3) is 2.05. The average molecular weight is 257 g/mol. The topological polar surface area (TPSA) is 42.2 Å². The van der Waals surface area contributed by atoms with Gasteiger partial charge in [0.25, 0.3) is 0 Å². The molecule has 18 heavy (non-hydrogen) atoms. The van der Waals surface area contributed by atoms with E-state index in [1.807, 2.05) is 0 Å². The van der Waals surface area contributed by atoms with Gasteiger partial charge in [0.05, 0.1) is 17.5 Å². The molecule has 0 radical (unpaired) electrons. The van der Waals surface area contributed by atoms with Crippen LogP contribution in [-0.4, -0.2) is 15.6 Å². The number of halogens is 3. The summed E-state index contributed by atoms with van der Waals surface area (Å²) in [6.07, 6.45) is -4.76. The Morgan fingerprint density at radius 2 is 2.06 bits per heavy atom. The summed E-state index contributed by atoms with van der Waals surface area (Å²) in [5, 5.41) is 9.10. The van der Waals surface area contributed by atoms with Crippen molar-refractivity contribution >= 4 is 16.9 Å². The van der Waals surface area contributed by atoms with E-state index in [9.17, 15) is 18.0 Å². The number of aromatic nitrogens is 1. The molecule has 0 saturated heterocycles. The first kappa shape index (κ1) is 12.5. The number of aliphatic carboxylic acids is 1. The molecule has 1 N–H and O–H groups in total. The number of benzene rings is 1. The van der Waals surface area contributed by atoms with Gasteiger partial charge in [-0.1, -0.05) is 12.1 Å². The van der Waals surface area contributed by atoms with Crippen molar-refractivity contribution in [2.45, 2.75) is 12.6 Å². The van der Waals surface area contributed by atoms with Crippen LogP contribution in [-0.2, 0) is 24.4 Å². The van der Waals surface area contributed by atoms with E-state index in [1.165, 1.54) is 29.8 Å². The normalized spacial score (nSPS) is 12.0. The van der Waals surface area contributed by atoms with Crippen molar-refractivity contribution in [3.63, 3.8) is 0 Å². The van der Waals surface area contributed by atoms with Crippen LogP contribution >= 0.6 is 0 Å². The number of alkyl halides is 3. The van der Waals surface area contributed by atoms with E-state index < -0.39 is 17.7 Å². The highest BCUT2D eigenvalue weighted by Gasteiger charge is 2.33. The number of nitrogens with zero attached hydrogens (tertiary/aromatic N) is 1. The molecule has 1 aromatic carbocycles. The first-order valence-electron chi connectivity index (χ1n) is 5.17. The summed E-state index contributed by atoms with van der Waals surface area (Å²) in [6, 6.07) is 5.32. The molecule has 0 unspecified atom stereocenters. The molecular weight excluding hydrogens is 247 g/mol. The van der Waals surface area contributed by atoms with E-state index in [0.717, 1.165) is 6.07 Å². The first-order valence-corrected chi connectivity index (χ1v) is 5.17. The highest BCUT2D eigenvalue weighted by atomic mass is 19.4. The fraction of sp³-hybridized carbons (Fsp3) is 0.250. The van der Waals surface area contributed by atoms with Crippen LogP contribution in [0, 0.1) is 0 Å². The highest BCUT2D eigenvalue weighted by Crippen LogP contribution is 2.35. The summed E-state index contributed by atoms with van der Waals surface area (Å²) in [4.78, 5) is 10.6. The van der Waals surface area contributed by atoms with Gasteiger partial charge in [-0.2, -0.15) is 13.2 Å². The van der Waals surface area contributed by atoms with Crippen LogP contribution < -0.4 is 0 Å². The summed E-state index contributed by atoms with van der Waals surface area (Å²) in [6.45, 7) is 0. The minimum Gasteiger partial charge on any atom is -0.481 e. The maximum Gasteiger partial charge on any atom is 0.418 e.